The Bertz CT molecular complexity index is 976. The number of hydrogen-bond donors (Lipinski definition) is 0. The summed E-state index contributed by atoms with van der Waals surface area (Å²) in [5.41, 5.74) is 3.51. The molecule has 0 spiro atoms. The lowest BCUT2D eigenvalue weighted by Crippen LogP contribution is -2.12. The first kappa shape index (κ1) is 18.4. The number of rotatable bonds is 5. The number of nitrogens with zero attached hydrogens (tertiary/aromatic N) is 2. The van der Waals surface area contributed by atoms with Gasteiger partial charge in [-0.15, -0.1) is 0 Å². The average molecular weight is 391 g/mol. The molecule has 1 heterocycles. The lowest BCUT2D eigenvalue weighted by Gasteiger charge is -2.09. The van der Waals surface area contributed by atoms with Crippen molar-refractivity contribution in [3.05, 3.63) is 63.4 Å². The summed E-state index contributed by atoms with van der Waals surface area (Å²) in [6.45, 7) is 4.05. The molecule has 0 amide bonds. The Morgan fingerprint density at radius 1 is 0.962 bits per heavy atom. The van der Waals surface area contributed by atoms with Crippen LogP contribution in [0, 0.1) is 13.8 Å². The van der Waals surface area contributed by atoms with Gasteiger partial charge in [-0.3, -0.25) is 0 Å². The van der Waals surface area contributed by atoms with Gasteiger partial charge in [-0.25, -0.2) is 14.8 Å². The summed E-state index contributed by atoms with van der Waals surface area (Å²) in [6, 6.07) is 10.0. The van der Waals surface area contributed by atoms with Gasteiger partial charge in [0.15, 0.2) is 0 Å². The summed E-state index contributed by atoms with van der Waals surface area (Å²) in [7, 11) is 0. The summed E-state index contributed by atoms with van der Waals surface area (Å²) >= 11 is 11.8. The van der Waals surface area contributed by atoms with Crippen molar-refractivity contribution in [3.8, 4) is 5.75 Å². The van der Waals surface area contributed by atoms with E-state index in [0.717, 1.165) is 16.9 Å². The predicted molar refractivity (Wildman–Crippen MR) is 101 cm³/mol. The Morgan fingerprint density at radius 3 is 2.42 bits per heavy atom. The summed E-state index contributed by atoms with van der Waals surface area (Å²) in [4.78, 5) is 21.1. The van der Waals surface area contributed by atoms with E-state index in [2.05, 4.69) is 9.97 Å². The van der Waals surface area contributed by atoms with Crippen molar-refractivity contribution in [2.75, 3.05) is 13.2 Å². The number of hydrogen-bond acceptors (Lipinski definition) is 5. The maximum Gasteiger partial charge on any atom is 0.338 e. The van der Waals surface area contributed by atoms with Gasteiger partial charge in [-0.1, -0.05) is 23.2 Å². The number of fused-ring (bicyclic) bond motifs is 1. The van der Waals surface area contributed by atoms with Gasteiger partial charge in [0.2, 0.25) is 0 Å². The van der Waals surface area contributed by atoms with Crippen LogP contribution in [0.1, 0.15) is 21.7 Å². The number of aryl methyl sites for hydroxylation is 2. The van der Waals surface area contributed by atoms with Gasteiger partial charge in [-0.2, -0.15) is 0 Å². The van der Waals surface area contributed by atoms with Crippen molar-refractivity contribution in [1.29, 1.82) is 0 Å². The summed E-state index contributed by atoms with van der Waals surface area (Å²) < 4.78 is 10.7. The fourth-order valence-electron chi connectivity index (χ4n) is 2.32. The third-order valence-electron chi connectivity index (χ3n) is 3.78. The van der Waals surface area contributed by atoms with Crippen LogP contribution >= 0.6 is 23.2 Å². The molecule has 0 bridgehead atoms. The fourth-order valence-corrected chi connectivity index (χ4v) is 2.78. The third-order valence-corrected chi connectivity index (χ3v) is 4.31. The zero-order valence-electron chi connectivity index (χ0n) is 14.3. The number of halogens is 2. The highest BCUT2D eigenvalue weighted by Crippen LogP contribution is 2.27. The third kappa shape index (κ3) is 4.23. The summed E-state index contributed by atoms with van der Waals surface area (Å²) in [6.07, 6.45) is 0. The predicted octanol–water partition coefficient (Wildman–Crippen LogP) is 4.79. The first-order valence-corrected chi connectivity index (χ1v) is 8.69. The average Bonchev–Trinajstić information content (AvgIpc) is 2.60. The largest absolute Gasteiger partial charge is 0.488 e. The smallest absolute Gasteiger partial charge is 0.338 e. The maximum absolute atomic E-state index is 12.2. The molecule has 0 unspecified atom stereocenters. The van der Waals surface area contributed by atoms with E-state index in [1.165, 1.54) is 0 Å². The van der Waals surface area contributed by atoms with E-state index in [1.54, 1.807) is 36.4 Å². The topological polar surface area (TPSA) is 61.3 Å². The molecule has 0 saturated heterocycles. The molecule has 134 valence electrons. The Balaban J connectivity index is 1.59. The van der Waals surface area contributed by atoms with E-state index in [9.17, 15) is 4.79 Å². The van der Waals surface area contributed by atoms with Crippen LogP contribution in [0.5, 0.6) is 5.75 Å². The minimum atomic E-state index is -0.447. The molecule has 0 aliphatic rings. The second-order valence-corrected chi connectivity index (χ2v) is 6.50. The number of carbonyl (C=O) groups is 1. The highest BCUT2D eigenvalue weighted by atomic mass is 35.5. The van der Waals surface area contributed by atoms with Crippen molar-refractivity contribution >= 4 is 40.2 Å². The monoisotopic (exact) mass is 390 g/mol. The molecule has 0 fully saturated rings. The van der Waals surface area contributed by atoms with Crippen LogP contribution < -0.4 is 4.74 Å². The molecule has 26 heavy (non-hydrogen) atoms. The molecular weight excluding hydrogens is 375 g/mol. The first-order valence-electron chi connectivity index (χ1n) is 7.94. The van der Waals surface area contributed by atoms with E-state index < -0.39 is 5.97 Å². The molecule has 2 aromatic carbocycles. The standard InChI is InChI=1S/C19H16Cl2N2O3/c1-11-12(2)23-17-9-13(3-5-16(17)22-11)19(24)26-8-7-25-18-6-4-14(20)10-15(18)21/h3-6,9-10H,7-8H2,1-2H3. The van der Waals surface area contributed by atoms with Gasteiger partial charge in [0, 0.05) is 5.02 Å². The highest BCUT2D eigenvalue weighted by molar-refractivity contribution is 6.35. The zero-order valence-corrected chi connectivity index (χ0v) is 15.8. The van der Waals surface area contributed by atoms with Gasteiger partial charge in [0.1, 0.15) is 19.0 Å². The van der Waals surface area contributed by atoms with E-state index in [1.807, 2.05) is 13.8 Å². The first-order chi connectivity index (χ1) is 12.4. The molecule has 0 radical (unpaired) electrons. The van der Waals surface area contributed by atoms with Gasteiger partial charge in [-0.05, 0) is 50.2 Å². The van der Waals surface area contributed by atoms with Gasteiger partial charge >= 0.3 is 5.97 Å². The normalized spacial score (nSPS) is 10.8. The maximum atomic E-state index is 12.2. The van der Waals surface area contributed by atoms with Crippen LogP contribution in [0.25, 0.3) is 11.0 Å². The van der Waals surface area contributed by atoms with Gasteiger partial charge in [0.25, 0.3) is 0 Å². The minimum Gasteiger partial charge on any atom is -0.488 e. The number of aromatic nitrogens is 2. The molecular formula is C19H16Cl2N2O3. The van der Waals surface area contributed by atoms with Crippen molar-refractivity contribution in [2.45, 2.75) is 13.8 Å². The molecule has 1 aromatic heterocycles. The quantitative estimate of drug-likeness (QED) is 0.462. The van der Waals surface area contributed by atoms with Gasteiger partial charge < -0.3 is 9.47 Å². The van der Waals surface area contributed by atoms with Crippen LogP contribution in [0.2, 0.25) is 10.0 Å². The van der Waals surface area contributed by atoms with E-state index in [-0.39, 0.29) is 13.2 Å². The SMILES string of the molecule is Cc1nc2ccc(C(=O)OCCOc3ccc(Cl)cc3Cl)cc2nc1C. The summed E-state index contributed by atoms with van der Waals surface area (Å²) in [5, 5.41) is 0.932. The second kappa shape index (κ2) is 7.89. The molecule has 0 aliphatic heterocycles. The lowest BCUT2D eigenvalue weighted by atomic mass is 10.2. The number of benzene rings is 2. The van der Waals surface area contributed by atoms with Crippen LogP contribution in [0.3, 0.4) is 0 Å². The molecule has 0 saturated carbocycles. The second-order valence-electron chi connectivity index (χ2n) is 5.66. The van der Waals surface area contributed by atoms with Crippen LogP contribution in [-0.4, -0.2) is 29.2 Å². The van der Waals surface area contributed by atoms with E-state index in [4.69, 9.17) is 32.7 Å². The minimum absolute atomic E-state index is 0.0917. The van der Waals surface area contributed by atoms with Crippen molar-refractivity contribution in [1.82, 2.24) is 9.97 Å². The number of esters is 1. The Hall–Kier alpha value is -2.37. The zero-order chi connectivity index (χ0) is 18.7. The van der Waals surface area contributed by atoms with Crippen molar-refractivity contribution in [3.63, 3.8) is 0 Å². The summed E-state index contributed by atoms with van der Waals surface area (Å²) in [5.74, 6) is 0.0386. The van der Waals surface area contributed by atoms with Gasteiger partial charge in [0.05, 0.1) is 33.0 Å². The number of carbonyl (C=O) groups excluding carboxylic acids is 1. The van der Waals surface area contributed by atoms with Crippen LogP contribution in [0.15, 0.2) is 36.4 Å². The number of ether oxygens (including phenoxy) is 2. The Labute approximate surface area is 160 Å². The fraction of sp³-hybridized carbons (Fsp3) is 0.211. The Kier molecular flexibility index (Phi) is 5.59. The molecule has 7 heteroatoms. The molecule has 3 rings (SSSR count). The van der Waals surface area contributed by atoms with Crippen molar-refractivity contribution < 1.29 is 14.3 Å². The lowest BCUT2D eigenvalue weighted by molar-refractivity contribution is 0.0450. The van der Waals surface area contributed by atoms with Crippen LogP contribution in [0.4, 0.5) is 0 Å². The van der Waals surface area contributed by atoms with Crippen LogP contribution in [-0.2, 0) is 4.74 Å². The van der Waals surface area contributed by atoms with E-state index in [0.29, 0.717) is 26.9 Å². The molecule has 0 aliphatic carbocycles. The molecule has 0 N–H and O–H groups in total. The van der Waals surface area contributed by atoms with E-state index >= 15 is 0 Å². The molecule has 5 nitrogen and oxygen atoms in total. The van der Waals surface area contributed by atoms with Crippen molar-refractivity contribution in [2.24, 2.45) is 0 Å². The highest BCUT2D eigenvalue weighted by Gasteiger charge is 2.10. The molecule has 0 atom stereocenters. The Morgan fingerprint density at radius 2 is 1.69 bits per heavy atom. The molecule has 3 aromatic rings.